The third kappa shape index (κ3) is 1.57. The van der Waals surface area contributed by atoms with Crippen molar-refractivity contribution in [3.05, 3.63) is 0 Å². The molecule has 1 heterocycles. The first kappa shape index (κ1) is 9.79. The molecule has 0 aromatic heterocycles. The van der Waals surface area contributed by atoms with Gasteiger partial charge in [-0.05, 0) is 6.92 Å². The topological polar surface area (TPSA) is 98.1 Å². The Hall–Kier alpha value is -1.30. The van der Waals surface area contributed by atoms with Crippen molar-refractivity contribution < 1.29 is 24.9 Å². The molecule has 0 saturated carbocycles. The van der Waals surface area contributed by atoms with E-state index in [1.54, 1.807) is 6.92 Å². The molecule has 1 rings (SSSR count). The summed E-state index contributed by atoms with van der Waals surface area (Å²) in [6.45, 7) is 1.20. The average Bonchev–Trinajstić information content (AvgIpc) is 2.28. The van der Waals surface area contributed by atoms with Gasteiger partial charge in [-0.15, -0.1) is 0 Å². The third-order valence-electron chi connectivity index (χ3n) is 2.24. The Bertz CT molecular complexity index is 253. The molecule has 0 bridgehead atoms. The molecule has 13 heavy (non-hydrogen) atoms. The van der Waals surface area contributed by atoms with E-state index in [4.69, 9.17) is 10.2 Å². The number of aliphatic hydroxyl groups is 1. The smallest absolute Gasteiger partial charge is 0.407 e. The second-order valence-corrected chi connectivity index (χ2v) is 3.30. The van der Waals surface area contributed by atoms with Crippen molar-refractivity contribution in [3.8, 4) is 0 Å². The molecule has 6 heteroatoms. The molecule has 1 unspecified atom stereocenters. The average molecular weight is 189 g/mol. The van der Waals surface area contributed by atoms with Gasteiger partial charge in [0.2, 0.25) is 0 Å². The van der Waals surface area contributed by atoms with E-state index in [0.29, 0.717) is 0 Å². The van der Waals surface area contributed by atoms with E-state index in [-0.39, 0.29) is 13.0 Å². The summed E-state index contributed by atoms with van der Waals surface area (Å²) in [5, 5.41) is 26.7. The predicted octanol–water partition coefficient (Wildman–Crippen LogP) is -0.426. The quantitative estimate of drug-likeness (QED) is 0.520. The predicted molar refractivity (Wildman–Crippen MR) is 41.4 cm³/mol. The van der Waals surface area contributed by atoms with Crippen LogP contribution in [0.2, 0.25) is 0 Å². The van der Waals surface area contributed by atoms with Gasteiger partial charge in [-0.25, -0.2) is 9.59 Å². The molecular formula is C7H11NO5. The Labute approximate surface area is 74.4 Å². The van der Waals surface area contributed by atoms with Gasteiger partial charge >= 0.3 is 12.1 Å². The molecule has 6 nitrogen and oxygen atoms in total. The first-order chi connectivity index (χ1) is 5.87. The highest BCUT2D eigenvalue weighted by molar-refractivity contribution is 5.80. The van der Waals surface area contributed by atoms with Crippen molar-refractivity contribution >= 4 is 12.1 Å². The van der Waals surface area contributed by atoms with Crippen molar-refractivity contribution in [1.29, 1.82) is 0 Å². The molecular weight excluding hydrogens is 178 g/mol. The lowest BCUT2D eigenvalue weighted by Crippen LogP contribution is -2.42. The largest absolute Gasteiger partial charge is 0.479 e. The molecule has 0 spiro atoms. The number of carboxylic acids is 1. The molecule has 2 atom stereocenters. The summed E-state index contributed by atoms with van der Waals surface area (Å²) >= 11 is 0. The molecule has 0 radical (unpaired) electrons. The van der Waals surface area contributed by atoms with Gasteiger partial charge < -0.3 is 20.2 Å². The Morgan fingerprint density at radius 1 is 1.46 bits per heavy atom. The second kappa shape index (κ2) is 2.88. The Morgan fingerprint density at radius 2 is 2.00 bits per heavy atom. The molecule has 0 aromatic carbocycles. The fourth-order valence-electron chi connectivity index (χ4n) is 1.51. The van der Waals surface area contributed by atoms with Gasteiger partial charge in [-0.1, -0.05) is 0 Å². The number of rotatable bonds is 1. The van der Waals surface area contributed by atoms with Crippen molar-refractivity contribution in [2.45, 2.75) is 25.0 Å². The molecule has 0 aromatic rings. The van der Waals surface area contributed by atoms with E-state index in [9.17, 15) is 14.7 Å². The number of likely N-dealkylation sites (tertiary alicyclic amines) is 1. The minimum absolute atomic E-state index is 0.0609. The van der Waals surface area contributed by atoms with Gasteiger partial charge in [-0.3, -0.25) is 0 Å². The SMILES string of the molecule is C[C@@H]1CC(O)(C(=O)O)CN1C(=O)O. The number of aliphatic carboxylic acids is 1. The molecule has 1 aliphatic rings. The van der Waals surface area contributed by atoms with Crippen molar-refractivity contribution in [3.63, 3.8) is 0 Å². The first-order valence-electron chi connectivity index (χ1n) is 3.82. The van der Waals surface area contributed by atoms with E-state index in [2.05, 4.69) is 0 Å². The van der Waals surface area contributed by atoms with Crippen molar-refractivity contribution in [1.82, 2.24) is 4.90 Å². The summed E-state index contributed by atoms with van der Waals surface area (Å²) in [5.74, 6) is -1.37. The molecule has 3 N–H and O–H groups in total. The zero-order chi connectivity index (χ0) is 10.2. The maximum atomic E-state index is 10.6. The number of carboxylic acid groups (broad SMARTS) is 2. The highest BCUT2D eigenvalue weighted by atomic mass is 16.4. The van der Waals surface area contributed by atoms with E-state index in [0.717, 1.165) is 4.90 Å². The summed E-state index contributed by atoms with van der Waals surface area (Å²) in [7, 11) is 0. The fourth-order valence-corrected chi connectivity index (χ4v) is 1.51. The van der Waals surface area contributed by atoms with Crippen LogP contribution in [0.4, 0.5) is 4.79 Å². The maximum Gasteiger partial charge on any atom is 0.407 e. The third-order valence-corrected chi connectivity index (χ3v) is 2.24. The number of hydrogen-bond donors (Lipinski definition) is 3. The van der Waals surface area contributed by atoms with Crippen molar-refractivity contribution in [2.24, 2.45) is 0 Å². The van der Waals surface area contributed by atoms with Crippen LogP contribution < -0.4 is 0 Å². The summed E-state index contributed by atoms with van der Waals surface area (Å²) in [6.07, 6.45) is -1.26. The Kier molecular flexibility index (Phi) is 2.17. The highest BCUT2D eigenvalue weighted by Gasteiger charge is 2.48. The lowest BCUT2D eigenvalue weighted by molar-refractivity contribution is -0.156. The Morgan fingerprint density at radius 3 is 2.23 bits per heavy atom. The Balaban J connectivity index is 2.80. The molecule has 1 saturated heterocycles. The standard InChI is InChI=1S/C7H11NO5/c1-4-2-7(13,5(9)10)3-8(4)6(11)12/h4,13H,2-3H2,1H3,(H,9,10)(H,11,12)/t4-,7?/m1/s1. The summed E-state index contributed by atoms with van der Waals surface area (Å²) in [4.78, 5) is 22.0. The van der Waals surface area contributed by atoms with E-state index >= 15 is 0 Å². The zero-order valence-corrected chi connectivity index (χ0v) is 7.10. The van der Waals surface area contributed by atoms with Crippen LogP contribution in [-0.2, 0) is 4.79 Å². The monoisotopic (exact) mass is 189 g/mol. The van der Waals surface area contributed by atoms with Gasteiger partial charge in [0.15, 0.2) is 5.60 Å². The maximum absolute atomic E-state index is 10.6. The van der Waals surface area contributed by atoms with Gasteiger partial charge in [0.05, 0.1) is 6.54 Å². The van der Waals surface area contributed by atoms with Crippen LogP contribution in [-0.4, -0.2) is 50.5 Å². The summed E-state index contributed by atoms with van der Waals surface area (Å²) in [6, 6.07) is -0.460. The number of hydrogen-bond acceptors (Lipinski definition) is 3. The summed E-state index contributed by atoms with van der Waals surface area (Å²) in [5.41, 5.74) is -1.92. The first-order valence-corrected chi connectivity index (χ1v) is 3.82. The number of carbonyl (C=O) groups is 2. The van der Waals surface area contributed by atoms with E-state index in [1.165, 1.54) is 0 Å². The molecule has 74 valence electrons. The number of nitrogens with zero attached hydrogens (tertiary/aromatic N) is 1. The lowest BCUT2D eigenvalue weighted by Gasteiger charge is -2.17. The molecule has 0 aliphatic carbocycles. The normalized spacial score (nSPS) is 33.4. The summed E-state index contributed by atoms with van der Waals surface area (Å²) < 4.78 is 0. The van der Waals surface area contributed by atoms with E-state index in [1.807, 2.05) is 0 Å². The zero-order valence-electron chi connectivity index (χ0n) is 7.10. The van der Waals surface area contributed by atoms with Gasteiger partial charge in [-0.2, -0.15) is 0 Å². The van der Waals surface area contributed by atoms with Crippen LogP contribution in [0.15, 0.2) is 0 Å². The van der Waals surface area contributed by atoms with Crippen LogP contribution >= 0.6 is 0 Å². The number of β-amino-alcohol motifs (C(OH)–C–C–N with tert-alkyl or cyclic N) is 1. The molecule has 1 amide bonds. The van der Waals surface area contributed by atoms with Crippen molar-refractivity contribution in [2.75, 3.05) is 6.54 Å². The highest BCUT2D eigenvalue weighted by Crippen LogP contribution is 2.26. The van der Waals surface area contributed by atoms with Crippen LogP contribution in [0.5, 0.6) is 0 Å². The van der Waals surface area contributed by atoms with Gasteiger partial charge in [0.1, 0.15) is 0 Å². The van der Waals surface area contributed by atoms with Crippen LogP contribution in [0, 0.1) is 0 Å². The second-order valence-electron chi connectivity index (χ2n) is 3.30. The minimum atomic E-state index is -1.92. The van der Waals surface area contributed by atoms with Gasteiger partial charge in [0.25, 0.3) is 0 Å². The lowest BCUT2D eigenvalue weighted by atomic mass is 10.0. The van der Waals surface area contributed by atoms with Crippen LogP contribution in [0.25, 0.3) is 0 Å². The minimum Gasteiger partial charge on any atom is -0.479 e. The fraction of sp³-hybridized carbons (Fsp3) is 0.714. The molecule has 1 aliphatic heterocycles. The van der Waals surface area contributed by atoms with Gasteiger partial charge in [0, 0.05) is 12.5 Å². The number of amides is 1. The van der Waals surface area contributed by atoms with Crippen LogP contribution in [0.3, 0.4) is 0 Å². The molecule has 1 fully saturated rings. The van der Waals surface area contributed by atoms with Crippen LogP contribution in [0.1, 0.15) is 13.3 Å². The van der Waals surface area contributed by atoms with E-state index < -0.39 is 23.7 Å².